The standard InChI is InChI=1S/C22H30FN5O/c1-16-21(25-26-28(16)20-9-12-24-13-10-20)22(29)27(19-7-2-3-8-19)14-11-17-5-4-6-18(23)15-17/h4-6,15,19-20,24H,2-3,7-14H2,1H3. The Balaban J connectivity index is 1.52. The number of rotatable bonds is 6. The Labute approximate surface area is 171 Å². The van der Waals surface area contributed by atoms with Crippen molar-refractivity contribution in [3.05, 3.63) is 47.0 Å². The number of piperidine rings is 1. The lowest BCUT2D eigenvalue weighted by Crippen LogP contribution is -2.40. The van der Waals surface area contributed by atoms with Crippen LogP contribution in [0.3, 0.4) is 0 Å². The molecule has 0 spiro atoms. The number of amides is 1. The second-order valence-corrected chi connectivity index (χ2v) is 8.27. The Morgan fingerprint density at radius 3 is 2.72 bits per heavy atom. The minimum atomic E-state index is -0.234. The lowest BCUT2D eigenvalue weighted by molar-refractivity contribution is 0.0677. The monoisotopic (exact) mass is 399 g/mol. The van der Waals surface area contributed by atoms with E-state index in [1.807, 2.05) is 22.6 Å². The molecule has 7 heteroatoms. The number of carbonyl (C=O) groups excluding carboxylic acids is 1. The largest absolute Gasteiger partial charge is 0.334 e. The molecule has 1 saturated carbocycles. The highest BCUT2D eigenvalue weighted by Crippen LogP contribution is 2.27. The van der Waals surface area contributed by atoms with Crippen LogP contribution in [0.25, 0.3) is 0 Å². The summed E-state index contributed by atoms with van der Waals surface area (Å²) in [5, 5.41) is 12.0. The highest BCUT2D eigenvalue weighted by molar-refractivity contribution is 5.93. The molecule has 1 aliphatic heterocycles. The van der Waals surface area contributed by atoms with E-state index in [1.54, 1.807) is 12.1 Å². The molecular formula is C22H30FN5O. The van der Waals surface area contributed by atoms with Gasteiger partial charge in [0.05, 0.1) is 11.7 Å². The molecule has 4 rings (SSSR count). The minimum absolute atomic E-state index is 0.0361. The van der Waals surface area contributed by atoms with Crippen LogP contribution in [0.1, 0.15) is 66.3 Å². The predicted octanol–water partition coefficient (Wildman–Crippen LogP) is 3.28. The third kappa shape index (κ3) is 4.50. The second-order valence-electron chi connectivity index (χ2n) is 8.27. The van der Waals surface area contributed by atoms with E-state index >= 15 is 0 Å². The van der Waals surface area contributed by atoms with Crippen molar-refractivity contribution in [2.45, 2.75) is 64.0 Å². The van der Waals surface area contributed by atoms with Crippen molar-refractivity contribution in [1.29, 1.82) is 0 Å². The number of halogens is 1. The molecule has 0 radical (unpaired) electrons. The van der Waals surface area contributed by atoms with E-state index < -0.39 is 0 Å². The van der Waals surface area contributed by atoms with Crippen LogP contribution in [0.2, 0.25) is 0 Å². The summed E-state index contributed by atoms with van der Waals surface area (Å²) in [6.07, 6.45) is 6.99. The molecule has 2 aromatic rings. The van der Waals surface area contributed by atoms with Gasteiger partial charge in [0.1, 0.15) is 5.82 Å². The van der Waals surface area contributed by atoms with Crippen LogP contribution in [0.15, 0.2) is 24.3 Å². The molecule has 6 nitrogen and oxygen atoms in total. The zero-order chi connectivity index (χ0) is 20.2. The number of aromatic nitrogens is 3. The molecule has 1 aromatic carbocycles. The van der Waals surface area contributed by atoms with Crippen LogP contribution < -0.4 is 5.32 Å². The smallest absolute Gasteiger partial charge is 0.276 e. The van der Waals surface area contributed by atoms with E-state index in [0.29, 0.717) is 24.7 Å². The second kappa shape index (κ2) is 9.03. The maximum Gasteiger partial charge on any atom is 0.276 e. The molecule has 1 N–H and O–H groups in total. The fourth-order valence-electron chi connectivity index (χ4n) is 4.68. The molecule has 1 amide bonds. The van der Waals surface area contributed by atoms with Gasteiger partial charge in [-0.2, -0.15) is 0 Å². The number of hydrogen-bond acceptors (Lipinski definition) is 4. The Bertz CT molecular complexity index is 839. The third-order valence-corrected chi connectivity index (χ3v) is 6.34. The van der Waals surface area contributed by atoms with Crippen molar-refractivity contribution in [2.75, 3.05) is 19.6 Å². The number of nitrogens with zero attached hydrogens (tertiary/aromatic N) is 4. The van der Waals surface area contributed by atoms with Crippen molar-refractivity contribution >= 4 is 5.91 Å². The van der Waals surface area contributed by atoms with Gasteiger partial charge in [0.2, 0.25) is 0 Å². The van der Waals surface area contributed by atoms with Gasteiger partial charge in [-0.3, -0.25) is 4.79 Å². The van der Waals surface area contributed by atoms with Crippen molar-refractivity contribution < 1.29 is 9.18 Å². The molecule has 1 saturated heterocycles. The molecule has 2 fully saturated rings. The highest BCUT2D eigenvalue weighted by atomic mass is 19.1. The number of hydrogen-bond donors (Lipinski definition) is 1. The molecule has 0 atom stereocenters. The fourth-order valence-corrected chi connectivity index (χ4v) is 4.68. The summed E-state index contributed by atoms with van der Waals surface area (Å²) in [5.41, 5.74) is 2.24. The van der Waals surface area contributed by atoms with E-state index in [2.05, 4.69) is 15.6 Å². The van der Waals surface area contributed by atoms with Crippen molar-refractivity contribution in [3.63, 3.8) is 0 Å². The maximum atomic E-state index is 13.5. The third-order valence-electron chi connectivity index (χ3n) is 6.34. The lowest BCUT2D eigenvalue weighted by atomic mass is 10.1. The van der Waals surface area contributed by atoms with Gasteiger partial charge in [-0.05, 0) is 69.8 Å². The molecule has 1 aromatic heterocycles. The maximum absolute atomic E-state index is 13.5. The molecule has 0 bridgehead atoms. The number of carbonyl (C=O) groups is 1. The van der Waals surface area contributed by atoms with E-state index in [4.69, 9.17) is 0 Å². The van der Waals surface area contributed by atoms with Gasteiger partial charge < -0.3 is 10.2 Å². The summed E-state index contributed by atoms with van der Waals surface area (Å²) in [6, 6.07) is 7.18. The molecule has 2 heterocycles. The molecular weight excluding hydrogens is 369 g/mol. The number of nitrogens with one attached hydrogen (secondary N) is 1. The summed E-state index contributed by atoms with van der Waals surface area (Å²) in [5.74, 6) is -0.270. The van der Waals surface area contributed by atoms with Crippen molar-refractivity contribution in [3.8, 4) is 0 Å². The van der Waals surface area contributed by atoms with E-state index in [1.165, 1.54) is 6.07 Å². The first-order chi connectivity index (χ1) is 14.1. The summed E-state index contributed by atoms with van der Waals surface area (Å²) in [7, 11) is 0. The molecule has 1 aliphatic carbocycles. The number of benzene rings is 1. The van der Waals surface area contributed by atoms with Crippen molar-refractivity contribution in [2.24, 2.45) is 0 Å². The molecule has 29 heavy (non-hydrogen) atoms. The van der Waals surface area contributed by atoms with E-state index in [0.717, 1.165) is 62.9 Å². The quantitative estimate of drug-likeness (QED) is 0.810. The fraction of sp³-hybridized carbons (Fsp3) is 0.591. The first-order valence-electron chi connectivity index (χ1n) is 10.8. The van der Waals surface area contributed by atoms with Crippen LogP contribution in [-0.2, 0) is 6.42 Å². The minimum Gasteiger partial charge on any atom is -0.334 e. The SMILES string of the molecule is Cc1c(C(=O)N(CCc2cccc(F)c2)C2CCCC2)nnn1C1CCNCC1. The first-order valence-corrected chi connectivity index (χ1v) is 10.8. The van der Waals surface area contributed by atoms with Gasteiger partial charge in [0.15, 0.2) is 5.69 Å². The Hall–Kier alpha value is -2.28. The summed E-state index contributed by atoms with van der Waals surface area (Å²) in [6.45, 7) is 4.46. The Morgan fingerprint density at radius 2 is 2.00 bits per heavy atom. The normalized spacial score (nSPS) is 18.3. The summed E-state index contributed by atoms with van der Waals surface area (Å²) in [4.78, 5) is 15.4. The van der Waals surface area contributed by atoms with Gasteiger partial charge in [-0.15, -0.1) is 5.10 Å². The summed E-state index contributed by atoms with van der Waals surface area (Å²) >= 11 is 0. The predicted molar refractivity (Wildman–Crippen MR) is 109 cm³/mol. The van der Waals surface area contributed by atoms with Gasteiger partial charge in [0.25, 0.3) is 5.91 Å². The van der Waals surface area contributed by atoms with Crippen LogP contribution in [0.4, 0.5) is 4.39 Å². The van der Waals surface area contributed by atoms with Crippen LogP contribution in [0, 0.1) is 12.7 Å². The average Bonchev–Trinajstić information content (AvgIpc) is 3.39. The molecule has 0 unspecified atom stereocenters. The van der Waals surface area contributed by atoms with Crippen LogP contribution in [0.5, 0.6) is 0 Å². The van der Waals surface area contributed by atoms with Gasteiger partial charge >= 0.3 is 0 Å². The molecule has 156 valence electrons. The zero-order valence-corrected chi connectivity index (χ0v) is 17.1. The Kier molecular flexibility index (Phi) is 6.23. The topological polar surface area (TPSA) is 63.1 Å². The summed E-state index contributed by atoms with van der Waals surface area (Å²) < 4.78 is 15.5. The van der Waals surface area contributed by atoms with Gasteiger partial charge in [-0.25, -0.2) is 9.07 Å². The van der Waals surface area contributed by atoms with E-state index in [9.17, 15) is 9.18 Å². The van der Waals surface area contributed by atoms with Gasteiger partial charge in [-0.1, -0.05) is 30.2 Å². The molecule has 2 aliphatic rings. The lowest BCUT2D eigenvalue weighted by Gasteiger charge is -2.29. The van der Waals surface area contributed by atoms with Crippen molar-refractivity contribution in [1.82, 2.24) is 25.2 Å². The van der Waals surface area contributed by atoms with Crippen LogP contribution >= 0.6 is 0 Å². The van der Waals surface area contributed by atoms with Crippen LogP contribution in [-0.4, -0.2) is 51.5 Å². The zero-order valence-electron chi connectivity index (χ0n) is 17.1. The average molecular weight is 400 g/mol. The van der Waals surface area contributed by atoms with E-state index in [-0.39, 0.29) is 17.8 Å². The Morgan fingerprint density at radius 1 is 1.24 bits per heavy atom. The first kappa shape index (κ1) is 20.0. The van der Waals surface area contributed by atoms with Gasteiger partial charge in [0, 0.05) is 12.6 Å². The highest BCUT2D eigenvalue weighted by Gasteiger charge is 2.31.